The standard InChI is InChI=1S/C15H19NO4/c17-15-4-10(3-11-7-18-11)1-2-14(15)16(5-12-8-19-12)6-13-9-20-13/h1-2,4,11-14H,3,5-9H2. The quantitative estimate of drug-likeness (QED) is 0.627. The van der Waals surface area contributed by atoms with Crippen molar-refractivity contribution in [2.45, 2.75) is 30.8 Å². The maximum Gasteiger partial charge on any atom is 0.176 e. The van der Waals surface area contributed by atoms with Crippen LogP contribution in [0, 0.1) is 0 Å². The van der Waals surface area contributed by atoms with Crippen LogP contribution < -0.4 is 0 Å². The summed E-state index contributed by atoms with van der Waals surface area (Å²) in [5.41, 5.74) is 1.08. The van der Waals surface area contributed by atoms with Crippen LogP contribution in [0.2, 0.25) is 0 Å². The summed E-state index contributed by atoms with van der Waals surface area (Å²) in [4.78, 5) is 14.5. The molecule has 4 unspecified atom stereocenters. The molecule has 1 aliphatic carbocycles. The molecule has 0 aromatic carbocycles. The molecule has 4 aliphatic rings. The number of carbonyl (C=O) groups excluding carboxylic acids is 1. The largest absolute Gasteiger partial charge is 0.373 e. The molecule has 0 saturated carbocycles. The van der Waals surface area contributed by atoms with Crippen molar-refractivity contribution in [3.05, 3.63) is 23.8 Å². The molecule has 5 nitrogen and oxygen atoms in total. The predicted octanol–water partition coefficient (Wildman–Crippen LogP) is 0.309. The van der Waals surface area contributed by atoms with Crippen LogP contribution in [-0.2, 0) is 19.0 Å². The van der Waals surface area contributed by atoms with Crippen LogP contribution in [0.15, 0.2) is 23.8 Å². The van der Waals surface area contributed by atoms with Crippen LogP contribution in [0.5, 0.6) is 0 Å². The Kier molecular flexibility index (Phi) is 3.22. The van der Waals surface area contributed by atoms with Crippen molar-refractivity contribution in [2.24, 2.45) is 0 Å². The van der Waals surface area contributed by atoms with Gasteiger partial charge in [0.2, 0.25) is 0 Å². The third-order valence-corrected chi connectivity index (χ3v) is 4.05. The van der Waals surface area contributed by atoms with Gasteiger partial charge < -0.3 is 14.2 Å². The summed E-state index contributed by atoms with van der Waals surface area (Å²) in [7, 11) is 0. The maximum absolute atomic E-state index is 12.4. The Morgan fingerprint density at radius 1 is 1.05 bits per heavy atom. The lowest BCUT2D eigenvalue weighted by Gasteiger charge is -2.28. The second-order valence-corrected chi connectivity index (χ2v) is 5.95. The molecule has 4 rings (SSSR count). The molecule has 0 radical (unpaired) electrons. The SMILES string of the molecule is O=C1C=C(CC2CO2)C=CC1N(CC1CO1)CC1CO1. The van der Waals surface area contributed by atoms with Crippen LogP contribution in [-0.4, -0.2) is 67.9 Å². The fraction of sp³-hybridized carbons (Fsp3) is 0.667. The zero-order chi connectivity index (χ0) is 13.5. The van der Waals surface area contributed by atoms with E-state index in [-0.39, 0.29) is 11.8 Å². The van der Waals surface area contributed by atoms with Gasteiger partial charge in [-0.05, 0) is 11.6 Å². The lowest BCUT2D eigenvalue weighted by molar-refractivity contribution is -0.118. The van der Waals surface area contributed by atoms with E-state index in [0.29, 0.717) is 18.3 Å². The highest BCUT2D eigenvalue weighted by molar-refractivity contribution is 5.98. The van der Waals surface area contributed by atoms with Crippen molar-refractivity contribution in [1.82, 2.24) is 4.90 Å². The van der Waals surface area contributed by atoms with Gasteiger partial charge in [0.25, 0.3) is 0 Å². The molecule has 20 heavy (non-hydrogen) atoms. The normalized spacial score (nSPS) is 38.0. The lowest BCUT2D eigenvalue weighted by atomic mass is 9.97. The highest BCUT2D eigenvalue weighted by Crippen LogP contribution is 2.25. The number of hydrogen-bond acceptors (Lipinski definition) is 5. The Labute approximate surface area is 118 Å². The van der Waals surface area contributed by atoms with Gasteiger partial charge in [-0.1, -0.05) is 12.2 Å². The molecule has 0 N–H and O–H groups in total. The van der Waals surface area contributed by atoms with Crippen LogP contribution in [0.3, 0.4) is 0 Å². The number of carbonyl (C=O) groups is 1. The topological polar surface area (TPSA) is 57.9 Å². The molecule has 4 atom stereocenters. The summed E-state index contributed by atoms with van der Waals surface area (Å²) in [6.45, 7) is 4.08. The number of epoxide rings is 3. The van der Waals surface area contributed by atoms with Crippen LogP contribution in [0.1, 0.15) is 6.42 Å². The van der Waals surface area contributed by atoms with Gasteiger partial charge in [-0.3, -0.25) is 9.69 Å². The molecule has 3 heterocycles. The molecule has 3 saturated heterocycles. The smallest absolute Gasteiger partial charge is 0.176 e. The second kappa shape index (κ2) is 5.07. The number of allylic oxidation sites excluding steroid dienone is 1. The van der Waals surface area contributed by atoms with Crippen molar-refractivity contribution in [2.75, 3.05) is 32.9 Å². The van der Waals surface area contributed by atoms with E-state index in [0.717, 1.165) is 44.9 Å². The minimum absolute atomic E-state index is 0.160. The molecule has 0 aromatic rings. The molecule has 0 spiro atoms. The minimum Gasteiger partial charge on any atom is -0.373 e. The lowest BCUT2D eigenvalue weighted by Crippen LogP contribution is -2.44. The van der Waals surface area contributed by atoms with Crippen molar-refractivity contribution in [1.29, 1.82) is 0 Å². The molecular weight excluding hydrogens is 258 g/mol. The number of nitrogens with zero attached hydrogens (tertiary/aromatic N) is 1. The molecule has 3 fully saturated rings. The number of ketones is 1. The minimum atomic E-state index is -0.160. The van der Waals surface area contributed by atoms with Gasteiger partial charge in [-0.2, -0.15) is 0 Å². The van der Waals surface area contributed by atoms with E-state index in [1.807, 2.05) is 6.08 Å². The Bertz CT molecular complexity index is 446. The highest BCUT2D eigenvalue weighted by atomic mass is 16.6. The van der Waals surface area contributed by atoms with Gasteiger partial charge >= 0.3 is 0 Å². The molecule has 108 valence electrons. The molecule has 5 heteroatoms. The van der Waals surface area contributed by atoms with E-state index in [1.165, 1.54) is 0 Å². The molecule has 0 aromatic heterocycles. The van der Waals surface area contributed by atoms with Crippen molar-refractivity contribution in [3.63, 3.8) is 0 Å². The van der Waals surface area contributed by atoms with Crippen molar-refractivity contribution >= 4 is 5.78 Å². The Morgan fingerprint density at radius 2 is 1.65 bits per heavy atom. The third-order valence-electron chi connectivity index (χ3n) is 4.05. The van der Waals surface area contributed by atoms with E-state index in [1.54, 1.807) is 6.08 Å². The summed E-state index contributed by atoms with van der Waals surface area (Å²) >= 11 is 0. The van der Waals surface area contributed by atoms with Gasteiger partial charge in [0.15, 0.2) is 5.78 Å². The molecule has 0 bridgehead atoms. The van der Waals surface area contributed by atoms with E-state index in [4.69, 9.17) is 14.2 Å². The first kappa shape index (κ1) is 12.7. The van der Waals surface area contributed by atoms with Gasteiger partial charge in [0.1, 0.15) is 0 Å². The van der Waals surface area contributed by atoms with E-state index in [9.17, 15) is 4.79 Å². The highest BCUT2D eigenvalue weighted by Gasteiger charge is 2.36. The summed E-state index contributed by atoms with van der Waals surface area (Å²) < 4.78 is 15.8. The molecule has 0 amide bonds. The molecular formula is C15H19NO4. The summed E-state index contributed by atoms with van der Waals surface area (Å²) in [5, 5.41) is 0. The average Bonchev–Trinajstić information content (AvgIpc) is 3.21. The maximum atomic E-state index is 12.4. The summed E-state index contributed by atoms with van der Waals surface area (Å²) in [6, 6.07) is -0.160. The van der Waals surface area contributed by atoms with Crippen LogP contribution >= 0.6 is 0 Å². The van der Waals surface area contributed by atoms with Crippen LogP contribution in [0.4, 0.5) is 0 Å². The van der Waals surface area contributed by atoms with Crippen LogP contribution in [0.25, 0.3) is 0 Å². The molecule has 3 aliphatic heterocycles. The summed E-state index contributed by atoms with van der Waals surface area (Å²) in [6.07, 6.45) is 7.63. The second-order valence-electron chi connectivity index (χ2n) is 5.95. The van der Waals surface area contributed by atoms with Gasteiger partial charge in [-0.15, -0.1) is 0 Å². The van der Waals surface area contributed by atoms with Gasteiger partial charge in [-0.25, -0.2) is 0 Å². The van der Waals surface area contributed by atoms with Gasteiger partial charge in [0, 0.05) is 19.5 Å². The monoisotopic (exact) mass is 277 g/mol. The zero-order valence-corrected chi connectivity index (χ0v) is 11.4. The summed E-state index contributed by atoms with van der Waals surface area (Å²) in [5.74, 6) is 0.171. The first-order valence-corrected chi connectivity index (χ1v) is 7.29. The van der Waals surface area contributed by atoms with Gasteiger partial charge in [0.05, 0.1) is 44.2 Å². The Balaban J connectivity index is 1.41. The zero-order valence-electron chi connectivity index (χ0n) is 11.4. The van der Waals surface area contributed by atoms with E-state index in [2.05, 4.69) is 11.0 Å². The van der Waals surface area contributed by atoms with Crippen molar-refractivity contribution < 1.29 is 19.0 Å². The third kappa shape index (κ3) is 3.17. The van der Waals surface area contributed by atoms with E-state index < -0.39 is 0 Å². The average molecular weight is 277 g/mol. The predicted molar refractivity (Wildman–Crippen MR) is 71.4 cm³/mol. The fourth-order valence-corrected chi connectivity index (χ4v) is 2.67. The fourth-order valence-electron chi connectivity index (χ4n) is 2.67. The Hall–Kier alpha value is -1.01. The Morgan fingerprint density at radius 3 is 2.15 bits per heavy atom. The first-order chi connectivity index (χ1) is 9.78. The van der Waals surface area contributed by atoms with E-state index >= 15 is 0 Å². The number of rotatable bonds is 7. The first-order valence-electron chi connectivity index (χ1n) is 7.29. The number of ether oxygens (including phenoxy) is 3. The number of hydrogen-bond donors (Lipinski definition) is 0. The van der Waals surface area contributed by atoms with Crippen molar-refractivity contribution in [3.8, 4) is 0 Å².